The Morgan fingerprint density at radius 3 is 2.46 bits per heavy atom. The molecule has 3 aromatic heterocycles. The number of nitrogens with one attached hydrogen (secondary N) is 2. The van der Waals surface area contributed by atoms with Crippen LogP contribution in [0.15, 0.2) is 54.9 Å². The Kier molecular flexibility index (Phi) is 8.68. The topological polar surface area (TPSA) is 121 Å². The maximum absolute atomic E-state index is 13.5. The number of anilines is 1. The third kappa shape index (κ3) is 5.93. The molecule has 3 heterocycles. The van der Waals surface area contributed by atoms with Crippen molar-refractivity contribution < 1.29 is 23.8 Å². The minimum atomic E-state index is -0.286. The summed E-state index contributed by atoms with van der Waals surface area (Å²) < 4.78 is 21.1. The van der Waals surface area contributed by atoms with Crippen molar-refractivity contribution in [3.63, 3.8) is 0 Å². The zero-order chi connectivity index (χ0) is 33.4. The summed E-state index contributed by atoms with van der Waals surface area (Å²) in [6, 6.07) is 13.5. The first kappa shape index (κ1) is 31.5. The summed E-state index contributed by atoms with van der Waals surface area (Å²) in [6.07, 6.45) is 11.1. The fraction of sp³-hybridized carbons (Fsp3) is 0.405. The number of hydrogen-bond acceptors (Lipinski definition) is 7. The molecule has 2 saturated carbocycles. The molecule has 0 atom stereocenters. The van der Waals surface area contributed by atoms with E-state index in [1.54, 1.807) is 20.4 Å². The van der Waals surface area contributed by atoms with E-state index < -0.39 is 0 Å². The molecule has 48 heavy (non-hydrogen) atoms. The van der Waals surface area contributed by atoms with Gasteiger partial charge in [0.1, 0.15) is 29.1 Å². The molecule has 7 rings (SSSR count). The number of aryl methyl sites for hydroxylation is 2. The monoisotopic (exact) mass is 650 g/mol. The van der Waals surface area contributed by atoms with Crippen molar-refractivity contribution in [1.29, 1.82) is 0 Å². The number of fused-ring (bicyclic) bond motifs is 2. The van der Waals surface area contributed by atoms with Crippen LogP contribution in [0.3, 0.4) is 0 Å². The Balaban J connectivity index is 1.11. The van der Waals surface area contributed by atoms with Gasteiger partial charge in [-0.3, -0.25) is 14.2 Å². The fourth-order valence-electron chi connectivity index (χ4n) is 7.43. The van der Waals surface area contributed by atoms with E-state index in [9.17, 15) is 9.59 Å². The largest absolute Gasteiger partial charge is 0.496 e. The molecule has 0 aliphatic heterocycles. The number of imidazole rings is 1. The summed E-state index contributed by atoms with van der Waals surface area (Å²) in [6.45, 7) is 1.99. The molecule has 0 unspecified atom stereocenters. The van der Waals surface area contributed by atoms with Crippen molar-refractivity contribution in [1.82, 2.24) is 24.3 Å². The molecule has 2 N–H and O–H groups in total. The molecule has 2 amide bonds. The molecule has 250 valence electrons. The van der Waals surface area contributed by atoms with Crippen LogP contribution in [0.4, 0.5) is 10.5 Å². The molecule has 0 saturated heterocycles. The van der Waals surface area contributed by atoms with Crippen molar-refractivity contribution in [3.8, 4) is 22.8 Å². The van der Waals surface area contributed by atoms with E-state index in [4.69, 9.17) is 19.2 Å². The van der Waals surface area contributed by atoms with Crippen LogP contribution in [0.5, 0.6) is 11.5 Å². The van der Waals surface area contributed by atoms with Gasteiger partial charge in [-0.1, -0.05) is 25.0 Å². The van der Waals surface area contributed by atoms with Crippen molar-refractivity contribution in [2.45, 2.75) is 76.4 Å². The van der Waals surface area contributed by atoms with E-state index in [1.807, 2.05) is 67.2 Å². The van der Waals surface area contributed by atoms with Gasteiger partial charge in [0, 0.05) is 42.4 Å². The highest BCUT2D eigenvalue weighted by Crippen LogP contribution is 2.39. The van der Waals surface area contributed by atoms with E-state index in [1.165, 1.54) is 12.8 Å². The molecule has 11 heteroatoms. The number of amides is 2. The van der Waals surface area contributed by atoms with Crippen molar-refractivity contribution in [2.24, 2.45) is 7.05 Å². The predicted molar refractivity (Wildman–Crippen MR) is 184 cm³/mol. The van der Waals surface area contributed by atoms with Crippen LogP contribution in [0.2, 0.25) is 0 Å². The second-order valence-electron chi connectivity index (χ2n) is 12.9. The molecule has 0 radical (unpaired) electrons. The van der Waals surface area contributed by atoms with E-state index in [0.29, 0.717) is 22.9 Å². The second kappa shape index (κ2) is 13.2. The molecular weight excluding hydrogens is 608 g/mol. The van der Waals surface area contributed by atoms with Crippen LogP contribution >= 0.6 is 0 Å². The molecule has 2 fully saturated rings. The molecule has 2 aromatic carbocycles. The van der Waals surface area contributed by atoms with Crippen molar-refractivity contribution in [3.05, 3.63) is 72.1 Å². The summed E-state index contributed by atoms with van der Waals surface area (Å²) >= 11 is 0. The Morgan fingerprint density at radius 1 is 0.938 bits per heavy atom. The number of nitrogens with zero attached hydrogens (tertiary/aromatic N) is 4. The van der Waals surface area contributed by atoms with Crippen LogP contribution in [0, 0.1) is 6.92 Å². The lowest BCUT2D eigenvalue weighted by Gasteiger charge is -2.28. The summed E-state index contributed by atoms with van der Waals surface area (Å²) in [4.78, 5) is 35.8. The van der Waals surface area contributed by atoms with Gasteiger partial charge in [0.2, 0.25) is 0 Å². The zero-order valence-electron chi connectivity index (χ0n) is 27.9. The summed E-state index contributed by atoms with van der Waals surface area (Å²) in [7, 11) is 5.08. The highest BCUT2D eigenvalue weighted by Gasteiger charge is 2.30. The van der Waals surface area contributed by atoms with Crippen molar-refractivity contribution in [2.75, 3.05) is 19.5 Å². The van der Waals surface area contributed by atoms with Crippen LogP contribution in [-0.2, 0) is 11.8 Å². The van der Waals surface area contributed by atoms with Crippen LogP contribution in [-0.4, -0.2) is 57.3 Å². The van der Waals surface area contributed by atoms with Crippen LogP contribution in [0.1, 0.15) is 79.3 Å². The summed E-state index contributed by atoms with van der Waals surface area (Å²) in [5.41, 5.74) is 5.43. The zero-order valence-corrected chi connectivity index (χ0v) is 27.9. The van der Waals surface area contributed by atoms with Gasteiger partial charge in [-0.25, -0.2) is 9.78 Å². The lowest BCUT2D eigenvalue weighted by molar-refractivity contribution is 0.0686. The van der Waals surface area contributed by atoms with Gasteiger partial charge in [0.25, 0.3) is 5.91 Å². The molecule has 0 spiro atoms. The molecular formula is C37H42N6O5. The predicted octanol–water partition coefficient (Wildman–Crippen LogP) is 7.16. The number of hydrogen-bond donors (Lipinski definition) is 2. The minimum absolute atomic E-state index is 0.0836. The maximum Gasteiger partial charge on any atom is 0.407 e. The SMILES string of the molecule is COc1cc(-c2nc([C@H]3CC[C@H](OC(=O)NC4CCCC4)CC3)n3ccnc(C)c23)ccc1NC(=O)c1cc2c(OC)cccc2n1C. The third-order valence-electron chi connectivity index (χ3n) is 9.98. The standard InChI is InChI=1S/C37H42N6O5/c1-22-34-33(41-35(43(34)19-18-38-22)23-12-15-26(16-13-23)48-37(45)39-25-8-5-6-9-25)24-14-17-28(32(20-24)47-4)40-36(44)30-21-27-29(42(30)2)10-7-11-31(27)46-3/h7,10-11,14,17-21,23,25-26H,5-6,8-9,12-13,15-16H2,1-4H3,(H,39,45)(H,40,44)/t23-,26-. The third-order valence-corrected chi connectivity index (χ3v) is 9.98. The fourth-order valence-corrected chi connectivity index (χ4v) is 7.43. The number of alkyl carbamates (subject to hydrolysis) is 1. The van der Waals surface area contributed by atoms with E-state index in [-0.39, 0.29) is 30.1 Å². The average molecular weight is 651 g/mol. The first-order valence-electron chi connectivity index (χ1n) is 16.8. The highest BCUT2D eigenvalue weighted by molar-refractivity contribution is 6.08. The van der Waals surface area contributed by atoms with E-state index in [2.05, 4.69) is 20.0 Å². The summed E-state index contributed by atoms with van der Waals surface area (Å²) in [5.74, 6) is 2.17. The van der Waals surface area contributed by atoms with Crippen LogP contribution in [0.25, 0.3) is 27.7 Å². The number of aromatic nitrogens is 4. The molecule has 5 aromatic rings. The Hall–Kier alpha value is -5.06. The maximum atomic E-state index is 13.5. The highest BCUT2D eigenvalue weighted by atomic mass is 16.6. The number of rotatable bonds is 8. The first-order chi connectivity index (χ1) is 23.3. The van der Waals surface area contributed by atoms with E-state index >= 15 is 0 Å². The number of carbonyl (C=O) groups excluding carboxylic acids is 2. The Morgan fingerprint density at radius 2 is 1.71 bits per heavy atom. The van der Waals surface area contributed by atoms with E-state index in [0.717, 1.165) is 77.7 Å². The van der Waals surface area contributed by atoms with Gasteiger partial charge in [-0.2, -0.15) is 0 Å². The molecule has 2 aliphatic rings. The van der Waals surface area contributed by atoms with Gasteiger partial charge in [0.05, 0.1) is 42.3 Å². The van der Waals surface area contributed by atoms with Gasteiger partial charge in [-0.05, 0) is 75.8 Å². The van der Waals surface area contributed by atoms with Gasteiger partial charge >= 0.3 is 6.09 Å². The lowest BCUT2D eigenvalue weighted by Crippen LogP contribution is -2.36. The molecule has 2 aliphatic carbocycles. The Labute approximate surface area is 279 Å². The smallest absolute Gasteiger partial charge is 0.407 e. The molecule has 0 bridgehead atoms. The second-order valence-corrected chi connectivity index (χ2v) is 12.9. The van der Waals surface area contributed by atoms with Gasteiger partial charge in [0.15, 0.2) is 0 Å². The Bertz CT molecular complexity index is 1980. The summed E-state index contributed by atoms with van der Waals surface area (Å²) in [5, 5.41) is 6.94. The normalized spacial score (nSPS) is 18.2. The molecule has 11 nitrogen and oxygen atoms in total. The van der Waals surface area contributed by atoms with Crippen LogP contribution < -0.4 is 20.1 Å². The number of methoxy groups -OCH3 is 2. The number of ether oxygens (including phenoxy) is 3. The minimum Gasteiger partial charge on any atom is -0.496 e. The lowest BCUT2D eigenvalue weighted by atomic mass is 9.87. The first-order valence-corrected chi connectivity index (χ1v) is 16.8. The number of benzene rings is 2. The quantitative estimate of drug-likeness (QED) is 0.183. The number of carbonyl (C=O) groups is 2. The van der Waals surface area contributed by atoms with Gasteiger partial charge < -0.3 is 29.4 Å². The van der Waals surface area contributed by atoms with Gasteiger partial charge in [-0.15, -0.1) is 0 Å². The average Bonchev–Trinajstić information content (AvgIpc) is 3.84. The van der Waals surface area contributed by atoms with Crippen molar-refractivity contribution >= 4 is 34.1 Å².